The van der Waals surface area contributed by atoms with E-state index in [4.69, 9.17) is 35.2 Å². The first kappa shape index (κ1) is 44.0. The molecule has 3 rings (SSSR count). The molecule has 302 valence electrons. The van der Waals surface area contributed by atoms with Gasteiger partial charge in [0.2, 0.25) is 11.9 Å². The Kier molecular flexibility index (Phi) is 18.2. The molecule has 55 heavy (non-hydrogen) atoms. The number of ether oxygens (including phenoxy) is 5. The number of alkyl carbamates (subject to hydrolysis) is 1. The van der Waals surface area contributed by atoms with E-state index >= 15 is 0 Å². The highest BCUT2D eigenvalue weighted by atomic mass is 16.6. The SMILES string of the molecule is COC(=O)C(CCC(=O)NCCCOCCOCCOCCCNC(=O)OC(C)(C)C)NC(=O)c1ccc(N(C)Cc2cnc3nc(N)nc(N)c3n2)cc1. The molecule has 3 amide bonds. The number of hydrogen-bond acceptors (Lipinski definition) is 16. The topological polar surface area (TPSA) is 257 Å². The third-order valence-electron chi connectivity index (χ3n) is 7.59. The fourth-order valence-electron chi connectivity index (χ4n) is 4.88. The number of benzene rings is 1. The second-order valence-corrected chi connectivity index (χ2v) is 13.3. The maximum absolute atomic E-state index is 13.0. The van der Waals surface area contributed by atoms with E-state index in [0.29, 0.717) is 94.5 Å². The summed E-state index contributed by atoms with van der Waals surface area (Å²) >= 11 is 0. The Morgan fingerprint density at radius 1 is 0.855 bits per heavy atom. The van der Waals surface area contributed by atoms with Crippen LogP contribution in [0.15, 0.2) is 30.5 Å². The summed E-state index contributed by atoms with van der Waals surface area (Å²) in [6.45, 7) is 9.23. The van der Waals surface area contributed by atoms with Gasteiger partial charge in [0, 0.05) is 51.0 Å². The van der Waals surface area contributed by atoms with Crippen LogP contribution in [-0.2, 0) is 39.8 Å². The smallest absolute Gasteiger partial charge is 0.407 e. The van der Waals surface area contributed by atoms with Crippen molar-refractivity contribution < 1.29 is 42.9 Å². The van der Waals surface area contributed by atoms with Crippen molar-refractivity contribution in [2.75, 3.05) is 83.3 Å². The van der Waals surface area contributed by atoms with Crippen molar-refractivity contribution in [2.45, 2.75) is 64.6 Å². The summed E-state index contributed by atoms with van der Waals surface area (Å²) in [7, 11) is 3.07. The highest BCUT2D eigenvalue weighted by Crippen LogP contribution is 2.19. The van der Waals surface area contributed by atoms with E-state index in [-0.39, 0.29) is 30.5 Å². The summed E-state index contributed by atoms with van der Waals surface area (Å²) in [5.74, 6) is -1.25. The lowest BCUT2D eigenvalue weighted by atomic mass is 10.1. The summed E-state index contributed by atoms with van der Waals surface area (Å²) in [6, 6.07) is 5.76. The molecule has 0 saturated heterocycles. The molecule has 19 heteroatoms. The normalized spacial score (nSPS) is 11.8. The minimum Gasteiger partial charge on any atom is -0.467 e. The van der Waals surface area contributed by atoms with Crippen molar-refractivity contribution in [3.63, 3.8) is 0 Å². The average Bonchev–Trinajstić information content (AvgIpc) is 3.14. The molecule has 0 aliphatic rings. The summed E-state index contributed by atoms with van der Waals surface area (Å²) in [4.78, 5) is 68.1. The van der Waals surface area contributed by atoms with Gasteiger partial charge in [0.15, 0.2) is 17.0 Å². The van der Waals surface area contributed by atoms with Crippen molar-refractivity contribution in [1.82, 2.24) is 35.9 Å². The van der Waals surface area contributed by atoms with Gasteiger partial charge in [-0.1, -0.05) is 0 Å². The van der Waals surface area contributed by atoms with Gasteiger partial charge in [-0.3, -0.25) is 9.59 Å². The van der Waals surface area contributed by atoms with E-state index in [0.717, 1.165) is 5.69 Å². The number of carbonyl (C=O) groups is 4. The monoisotopic (exact) mass is 770 g/mol. The molecule has 0 bridgehead atoms. The molecule has 3 aromatic rings. The van der Waals surface area contributed by atoms with Gasteiger partial charge in [0.05, 0.1) is 52.0 Å². The first-order chi connectivity index (χ1) is 26.3. The van der Waals surface area contributed by atoms with Crippen LogP contribution in [0.2, 0.25) is 0 Å². The van der Waals surface area contributed by atoms with E-state index in [9.17, 15) is 19.2 Å². The number of anilines is 3. The number of esters is 1. The fourth-order valence-corrected chi connectivity index (χ4v) is 4.88. The molecule has 1 aromatic carbocycles. The number of rotatable bonds is 23. The number of hydrogen-bond donors (Lipinski definition) is 5. The van der Waals surface area contributed by atoms with Crippen LogP contribution in [0, 0.1) is 0 Å². The van der Waals surface area contributed by atoms with Crippen LogP contribution in [0.3, 0.4) is 0 Å². The second-order valence-electron chi connectivity index (χ2n) is 13.3. The predicted octanol–water partition coefficient (Wildman–Crippen LogP) is 1.74. The molecule has 0 saturated carbocycles. The zero-order valence-electron chi connectivity index (χ0n) is 32.2. The van der Waals surface area contributed by atoms with Gasteiger partial charge in [0.25, 0.3) is 5.91 Å². The predicted molar refractivity (Wildman–Crippen MR) is 204 cm³/mol. The zero-order chi connectivity index (χ0) is 40.2. The van der Waals surface area contributed by atoms with Gasteiger partial charge in [-0.15, -0.1) is 0 Å². The Morgan fingerprint density at radius 2 is 1.47 bits per heavy atom. The molecular weight excluding hydrogens is 716 g/mol. The summed E-state index contributed by atoms with van der Waals surface area (Å²) < 4.78 is 26.5. The van der Waals surface area contributed by atoms with Crippen LogP contribution in [0.4, 0.5) is 22.2 Å². The van der Waals surface area contributed by atoms with Gasteiger partial charge in [0.1, 0.15) is 11.6 Å². The number of nitrogen functional groups attached to an aromatic ring is 2. The molecule has 0 aliphatic carbocycles. The number of carbonyl (C=O) groups excluding carboxylic acids is 4. The third-order valence-corrected chi connectivity index (χ3v) is 7.59. The van der Waals surface area contributed by atoms with Crippen molar-refractivity contribution in [3.8, 4) is 0 Å². The molecule has 2 aromatic heterocycles. The number of methoxy groups -OCH3 is 1. The van der Waals surface area contributed by atoms with Crippen LogP contribution in [0.25, 0.3) is 11.2 Å². The van der Waals surface area contributed by atoms with Gasteiger partial charge in [-0.05, 0) is 64.3 Å². The molecule has 0 radical (unpaired) electrons. The third kappa shape index (κ3) is 16.7. The minimum absolute atomic E-state index is 0.00360. The number of aromatic nitrogens is 4. The minimum atomic E-state index is -1.02. The average molecular weight is 771 g/mol. The van der Waals surface area contributed by atoms with Crippen LogP contribution in [0.5, 0.6) is 0 Å². The molecule has 2 heterocycles. The molecular formula is C36H54N10O9. The Morgan fingerprint density at radius 3 is 2.09 bits per heavy atom. The Labute approximate surface area is 320 Å². The quantitative estimate of drug-likeness (QED) is 0.0680. The largest absolute Gasteiger partial charge is 0.467 e. The number of nitrogens with zero attached hydrogens (tertiary/aromatic N) is 5. The van der Waals surface area contributed by atoms with E-state index in [1.807, 2.05) is 32.7 Å². The van der Waals surface area contributed by atoms with E-state index < -0.39 is 29.6 Å². The zero-order valence-corrected chi connectivity index (χ0v) is 32.2. The molecule has 0 fully saturated rings. The fraction of sp³-hybridized carbons (Fsp3) is 0.556. The van der Waals surface area contributed by atoms with E-state index in [2.05, 4.69) is 35.9 Å². The lowest BCUT2D eigenvalue weighted by Crippen LogP contribution is -2.42. The first-order valence-electron chi connectivity index (χ1n) is 18.0. The highest BCUT2D eigenvalue weighted by Gasteiger charge is 2.23. The molecule has 0 spiro atoms. The summed E-state index contributed by atoms with van der Waals surface area (Å²) in [6.07, 6.45) is 2.44. The summed E-state index contributed by atoms with van der Waals surface area (Å²) in [5.41, 5.74) is 13.4. The van der Waals surface area contributed by atoms with Crippen molar-refractivity contribution in [3.05, 3.63) is 41.7 Å². The molecule has 7 N–H and O–H groups in total. The van der Waals surface area contributed by atoms with Gasteiger partial charge in [-0.2, -0.15) is 9.97 Å². The van der Waals surface area contributed by atoms with Gasteiger partial charge in [-0.25, -0.2) is 19.6 Å². The van der Waals surface area contributed by atoms with Gasteiger partial charge >= 0.3 is 12.1 Å². The number of amides is 3. The maximum atomic E-state index is 13.0. The number of fused-ring (bicyclic) bond motifs is 1. The van der Waals surface area contributed by atoms with Crippen molar-refractivity contribution >= 4 is 52.5 Å². The first-order valence-corrected chi connectivity index (χ1v) is 18.0. The Bertz CT molecular complexity index is 1690. The van der Waals surface area contributed by atoms with Crippen molar-refractivity contribution in [2.24, 2.45) is 0 Å². The van der Waals surface area contributed by atoms with Crippen LogP contribution >= 0.6 is 0 Å². The molecule has 0 aliphatic heterocycles. The van der Waals surface area contributed by atoms with E-state index in [1.54, 1.807) is 30.5 Å². The van der Waals surface area contributed by atoms with E-state index in [1.165, 1.54) is 7.11 Å². The molecule has 19 nitrogen and oxygen atoms in total. The molecule has 1 unspecified atom stereocenters. The Hall–Kier alpha value is -5.40. The summed E-state index contributed by atoms with van der Waals surface area (Å²) in [5, 5.41) is 8.13. The lowest BCUT2D eigenvalue weighted by Gasteiger charge is -2.20. The maximum Gasteiger partial charge on any atom is 0.407 e. The van der Waals surface area contributed by atoms with Crippen molar-refractivity contribution in [1.29, 1.82) is 0 Å². The Balaban J connectivity index is 1.26. The highest BCUT2D eigenvalue weighted by molar-refractivity contribution is 5.97. The number of nitrogens with one attached hydrogen (secondary N) is 3. The van der Waals surface area contributed by atoms with Gasteiger partial charge < -0.3 is 56.0 Å². The van der Waals surface area contributed by atoms with Crippen LogP contribution < -0.4 is 32.3 Å². The number of nitrogens with two attached hydrogens (primary N) is 2. The lowest BCUT2D eigenvalue weighted by molar-refractivity contribution is -0.143. The second kappa shape index (κ2) is 22.7. The van der Waals surface area contributed by atoms with Crippen LogP contribution in [0.1, 0.15) is 62.5 Å². The standard InChI is InChI=1S/C36H54N10O9/c1-36(2,3)55-35(50)40-15-7-17-53-19-21-54-20-18-52-16-6-14-39-28(47)13-12-27(33(49)51-5)43-32(48)24-8-10-26(11-9-24)46(4)23-25-22-41-31-29(42-25)30(37)44-34(38)45-31/h8-11,22,27H,6-7,12-21,23H2,1-5H3,(H,39,47)(H,40,50)(H,43,48)(H4,37,38,41,44,45). The van der Waals surface area contributed by atoms with Crippen LogP contribution in [-0.4, -0.2) is 122 Å². The molecule has 1 atom stereocenters.